The Morgan fingerprint density at radius 2 is 2.08 bits per heavy atom. The van der Waals surface area contributed by atoms with Gasteiger partial charge in [0.1, 0.15) is 5.78 Å². The zero-order valence-corrected chi connectivity index (χ0v) is 7.21. The summed E-state index contributed by atoms with van der Waals surface area (Å²) in [5, 5.41) is 0. The first kappa shape index (κ1) is 8.20. The quantitative estimate of drug-likeness (QED) is 0.573. The molecule has 0 aromatic heterocycles. The zero-order chi connectivity index (χ0) is 8.60. The van der Waals surface area contributed by atoms with Gasteiger partial charge < -0.3 is 10.5 Å². The molecule has 1 aliphatic heterocycles. The maximum Gasteiger partial charge on any atom is 0.140 e. The lowest BCUT2D eigenvalue weighted by Crippen LogP contribution is -2.45. The standard InChI is InChI=1S/C9H15NO2/c10-7-1-2-8(11)9(7)3-5-12-6-4-9/h7H,1-6,10H2. The second-order valence-corrected chi connectivity index (χ2v) is 3.84. The average Bonchev–Trinajstić information content (AvgIpc) is 2.36. The van der Waals surface area contributed by atoms with Gasteiger partial charge in [-0.2, -0.15) is 0 Å². The molecule has 3 heteroatoms. The molecule has 0 bridgehead atoms. The normalized spacial score (nSPS) is 34.4. The molecule has 3 nitrogen and oxygen atoms in total. The Morgan fingerprint density at radius 1 is 1.42 bits per heavy atom. The fourth-order valence-electron chi connectivity index (χ4n) is 2.40. The lowest BCUT2D eigenvalue weighted by atomic mass is 9.75. The number of hydrogen-bond acceptors (Lipinski definition) is 3. The van der Waals surface area contributed by atoms with Crippen molar-refractivity contribution in [3.8, 4) is 0 Å². The highest BCUT2D eigenvalue weighted by molar-refractivity contribution is 5.88. The number of nitrogens with two attached hydrogens (primary N) is 1. The van der Waals surface area contributed by atoms with E-state index in [2.05, 4.69) is 0 Å². The highest BCUT2D eigenvalue weighted by atomic mass is 16.5. The van der Waals surface area contributed by atoms with E-state index >= 15 is 0 Å². The van der Waals surface area contributed by atoms with Gasteiger partial charge in [-0.25, -0.2) is 0 Å². The molecule has 12 heavy (non-hydrogen) atoms. The molecule has 1 atom stereocenters. The van der Waals surface area contributed by atoms with Gasteiger partial charge in [-0.05, 0) is 19.3 Å². The van der Waals surface area contributed by atoms with Crippen molar-refractivity contribution >= 4 is 5.78 Å². The minimum absolute atomic E-state index is 0.0916. The van der Waals surface area contributed by atoms with Crippen LogP contribution in [0.3, 0.4) is 0 Å². The lowest BCUT2D eigenvalue weighted by Gasteiger charge is -2.35. The summed E-state index contributed by atoms with van der Waals surface area (Å²) in [6.07, 6.45) is 3.24. The molecule has 1 aliphatic carbocycles. The molecule has 1 saturated carbocycles. The third kappa shape index (κ3) is 1.00. The summed E-state index contributed by atoms with van der Waals surface area (Å²) in [7, 11) is 0. The molecule has 0 radical (unpaired) electrons. The van der Waals surface area contributed by atoms with Crippen molar-refractivity contribution < 1.29 is 9.53 Å². The van der Waals surface area contributed by atoms with Gasteiger partial charge >= 0.3 is 0 Å². The molecule has 1 spiro atoms. The summed E-state index contributed by atoms with van der Waals surface area (Å²) in [5.41, 5.74) is 5.76. The van der Waals surface area contributed by atoms with Crippen molar-refractivity contribution in [3.63, 3.8) is 0 Å². The smallest absolute Gasteiger partial charge is 0.140 e. The van der Waals surface area contributed by atoms with Gasteiger partial charge in [-0.15, -0.1) is 0 Å². The Kier molecular flexibility index (Phi) is 1.93. The number of carbonyl (C=O) groups excluding carboxylic acids is 1. The van der Waals surface area contributed by atoms with Crippen molar-refractivity contribution in [2.75, 3.05) is 13.2 Å². The number of Topliss-reactive ketones (excluding diaryl/α,β-unsaturated/α-hetero) is 1. The van der Waals surface area contributed by atoms with Gasteiger partial charge in [-0.1, -0.05) is 0 Å². The fraction of sp³-hybridized carbons (Fsp3) is 0.889. The molecule has 2 aliphatic rings. The minimum atomic E-state index is -0.196. The van der Waals surface area contributed by atoms with Gasteiger partial charge in [-0.3, -0.25) is 4.79 Å². The van der Waals surface area contributed by atoms with Gasteiger partial charge in [0.05, 0.1) is 0 Å². The number of carbonyl (C=O) groups is 1. The Balaban J connectivity index is 2.20. The molecule has 2 N–H and O–H groups in total. The van der Waals surface area contributed by atoms with E-state index in [4.69, 9.17) is 10.5 Å². The molecular formula is C9H15NO2. The third-order valence-corrected chi connectivity index (χ3v) is 3.33. The van der Waals surface area contributed by atoms with Crippen LogP contribution in [0.25, 0.3) is 0 Å². The lowest BCUT2D eigenvalue weighted by molar-refractivity contribution is -0.131. The first-order valence-electron chi connectivity index (χ1n) is 4.62. The van der Waals surface area contributed by atoms with E-state index < -0.39 is 0 Å². The molecule has 68 valence electrons. The van der Waals surface area contributed by atoms with Crippen molar-refractivity contribution in [1.82, 2.24) is 0 Å². The first-order valence-corrected chi connectivity index (χ1v) is 4.62. The summed E-state index contributed by atoms with van der Waals surface area (Å²) >= 11 is 0. The van der Waals surface area contributed by atoms with Crippen LogP contribution in [0.2, 0.25) is 0 Å². The molecule has 0 aromatic rings. The molecule has 1 heterocycles. The predicted octanol–water partition coefficient (Wildman–Crippen LogP) is 0.473. The van der Waals surface area contributed by atoms with E-state index in [1.807, 2.05) is 0 Å². The Bertz CT molecular complexity index is 197. The Labute approximate surface area is 72.3 Å². The molecule has 1 unspecified atom stereocenters. The summed E-state index contributed by atoms with van der Waals surface area (Å²) in [5.74, 6) is 0.373. The first-order chi connectivity index (χ1) is 5.76. The maximum atomic E-state index is 11.6. The highest BCUT2D eigenvalue weighted by Gasteiger charge is 2.48. The predicted molar refractivity (Wildman–Crippen MR) is 44.7 cm³/mol. The second kappa shape index (κ2) is 2.82. The third-order valence-electron chi connectivity index (χ3n) is 3.33. The number of hydrogen-bond donors (Lipinski definition) is 1. The highest BCUT2D eigenvalue weighted by Crippen LogP contribution is 2.42. The van der Waals surface area contributed by atoms with E-state index in [-0.39, 0.29) is 11.5 Å². The zero-order valence-electron chi connectivity index (χ0n) is 7.21. The number of ether oxygens (including phenoxy) is 1. The maximum absolute atomic E-state index is 11.6. The fourth-order valence-corrected chi connectivity index (χ4v) is 2.40. The molecule has 0 amide bonds. The monoisotopic (exact) mass is 169 g/mol. The van der Waals surface area contributed by atoms with Crippen LogP contribution in [0.5, 0.6) is 0 Å². The van der Waals surface area contributed by atoms with Crippen LogP contribution in [0, 0.1) is 5.41 Å². The van der Waals surface area contributed by atoms with Crippen LogP contribution >= 0.6 is 0 Å². The van der Waals surface area contributed by atoms with Crippen LogP contribution in [0.4, 0.5) is 0 Å². The molecule has 2 rings (SSSR count). The van der Waals surface area contributed by atoms with E-state index in [1.54, 1.807) is 0 Å². The van der Waals surface area contributed by atoms with Gasteiger partial charge in [0.15, 0.2) is 0 Å². The topological polar surface area (TPSA) is 52.3 Å². The van der Waals surface area contributed by atoms with E-state index in [0.717, 1.165) is 19.3 Å². The van der Waals surface area contributed by atoms with Gasteiger partial charge in [0.25, 0.3) is 0 Å². The Hall–Kier alpha value is -0.410. The van der Waals surface area contributed by atoms with Gasteiger partial charge in [0.2, 0.25) is 0 Å². The average molecular weight is 169 g/mol. The SMILES string of the molecule is NC1CCC(=O)C12CCOCC2. The van der Waals surface area contributed by atoms with Crippen LogP contribution in [-0.4, -0.2) is 25.0 Å². The molecule has 2 fully saturated rings. The summed E-state index contributed by atoms with van der Waals surface area (Å²) < 4.78 is 5.25. The summed E-state index contributed by atoms with van der Waals surface area (Å²) in [4.78, 5) is 11.6. The van der Waals surface area contributed by atoms with Crippen molar-refractivity contribution in [2.45, 2.75) is 31.7 Å². The minimum Gasteiger partial charge on any atom is -0.381 e. The van der Waals surface area contributed by atoms with E-state index in [9.17, 15) is 4.79 Å². The molecule has 0 aromatic carbocycles. The molecule has 1 saturated heterocycles. The van der Waals surface area contributed by atoms with Crippen LogP contribution in [0.1, 0.15) is 25.7 Å². The molecular weight excluding hydrogens is 154 g/mol. The van der Waals surface area contributed by atoms with Crippen molar-refractivity contribution in [2.24, 2.45) is 11.1 Å². The van der Waals surface area contributed by atoms with Crippen LogP contribution < -0.4 is 5.73 Å². The summed E-state index contributed by atoms with van der Waals surface area (Å²) in [6.45, 7) is 1.42. The van der Waals surface area contributed by atoms with Crippen LogP contribution in [-0.2, 0) is 9.53 Å². The van der Waals surface area contributed by atoms with E-state index in [0.29, 0.717) is 25.4 Å². The van der Waals surface area contributed by atoms with Crippen LogP contribution in [0.15, 0.2) is 0 Å². The van der Waals surface area contributed by atoms with Crippen molar-refractivity contribution in [1.29, 1.82) is 0 Å². The van der Waals surface area contributed by atoms with Crippen molar-refractivity contribution in [3.05, 3.63) is 0 Å². The van der Waals surface area contributed by atoms with E-state index in [1.165, 1.54) is 0 Å². The Morgan fingerprint density at radius 3 is 2.58 bits per heavy atom. The van der Waals surface area contributed by atoms with Gasteiger partial charge in [0, 0.05) is 31.1 Å². The number of rotatable bonds is 0. The summed E-state index contributed by atoms with van der Waals surface area (Å²) in [6, 6.07) is 0.0916. The number of ketones is 1. The second-order valence-electron chi connectivity index (χ2n) is 3.84. The largest absolute Gasteiger partial charge is 0.381 e.